The van der Waals surface area contributed by atoms with Gasteiger partial charge in [-0.2, -0.15) is 0 Å². The van der Waals surface area contributed by atoms with Crippen molar-refractivity contribution in [2.75, 3.05) is 17.7 Å². The summed E-state index contributed by atoms with van der Waals surface area (Å²) in [6.07, 6.45) is 0. The van der Waals surface area contributed by atoms with Crippen molar-refractivity contribution in [3.8, 4) is 0 Å². The lowest BCUT2D eigenvalue weighted by molar-refractivity contribution is -0.383. The number of benzene rings is 2. The van der Waals surface area contributed by atoms with Crippen molar-refractivity contribution >= 4 is 28.9 Å². The molecule has 0 bridgehead atoms. The molecule has 0 saturated heterocycles. The second kappa shape index (κ2) is 7.34. The summed E-state index contributed by atoms with van der Waals surface area (Å²) in [5, 5.41) is 13.0. The zero-order valence-corrected chi connectivity index (χ0v) is 12.5. The van der Waals surface area contributed by atoms with Crippen molar-refractivity contribution in [3.63, 3.8) is 0 Å². The number of hydrogen-bond acceptors (Lipinski definition) is 6. The number of nitrogens with two attached hydrogens (primary N) is 1. The first-order valence-electron chi connectivity index (χ1n) is 6.74. The molecule has 0 saturated carbocycles. The van der Waals surface area contributed by atoms with Crippen LogP contribution in [0.5, 0.6) is 0 Å². The highest BCUT2D eigenvalue weighted by atomic mass is 19.2. The van der Waals surface area contributed by atoms with Crippen LogP contribution in [0.3, 0.4) is 0 Å². The van der Waals surface area contributed by atoms with Gasteiger partial charge in [0, 0.05) is 17.8 Å². The summed E-state index contributed by atoms with van der Waals surface area (Å²) in [7, 11) is 0. The number of anilines is 2. The molecule has 0 spiro atoms. The van der Waals surface area contributed by atoms with Crippen molar-refractivity contribution in [2.24, 2.45) is 0 Å². The molecule has 0 fully saturated rings. The minimum atomic E-state index is -1.15. The molecule has 3 N–H and O–H groups in total. The fourth-order valence-electron chi connectivity index (χ4n) is 1.81. The fraction of sp³-hybridized carbons (Fsp3) is 0.0667. The number of nitro groups is 1. The van der Waals surface area contributed by atoms with Gasteiger partial charge in [0.25, 0.3) is 11.6 Å². The molecule has 0 unspecified atom stereocenters. The Morgan fingerprint density at radius 1 is 1.16 bits per heavy atom. The van der Waals surface area contributed by atoms with Crippen LogP contribution < -0.4 is 11.1 Å². The lowest BCUT2D eigenvalue weighted by atomic mass is 10.2. The lowest BCUT2D eigenvalue weighted by Crippen LogP contribution is -2.21. The normalized spacial score (nSPS) is 10.2. The zero-order chi connectivity index (χ0) is 18.6. The van der Waals surface area contributed by atoms with Gasteiger partial charge in [-0.05, 0) is 24.3 Å². The minimum absolute atomic E-state index is 0.0249. The fourth-order valence-corrected chi connectivity index (χ4v) is 1.81. The number of nitrogens with zero attached hydrogens (tertiary/aromatic N) is 1. The molecule has 0 atom stereocenters. The molecule has 10 heteroatoms. The van der Waals surface area contributed by atoms with Gasteiger partial charge >= 0.3 is 5.97 Å². The van der Waals surface area contributed by atoms with Gasteiger partial charge in [-0.3, -0.25) is 14.9 Å². The molecular formula is C15H11F2N3O5. The average molecular weight is 351 g/mol. The highest BCUT2D eigenvalue weighted by molar-refractivity contribution is 5.96. The molecule has 25 heavy (non-hydrogen) atoms. The smallest absolute Gasteiger partial charge is 0.338 e. The van der Waals surface area contributed by atoms with Gasteiger partial charge in [-0.25, -0.2) is 13.6 Å². The first-order valence-corrected chi connectivity index (χ1v) is 6.74. The molecule has 2 rings (SSSR count). The van der Waals surface area contributed by atoms with Gasteiger partial charge in [-0.15, -0.1) is 0 Å². The third kappa shape index (κ3) is 4.47. The van der Waals surface area contributed by atoms with Crippen molar-refractivity contribution in [3.05, 3.63) is 63.7 Å². The molecule has 0 radical (unpaired) electrons. The van der Waals surface area contributed by atoms with Gasteiger partial charge in [0.2, 0.25) is 0 Å². The maximum absolute atomic E-state index is 13.0. The number of carbonyl (C=O) groups is 2. The Morgan fingerprint density at radius 3 is 2.52 bits per heavy atom. The van der Waals surface area contributed by atoms with Crippen LogP contribution >= 0.6 is 0 Å². The largest absolute Gasteiger partial charge is 0.452 e. The molecular weight excluding hydrogens is 340 g/mol. The van der Waals surface area contributed by atoms with Gasteiger partial charge in [0.15, 0.2) is 18.2 Å². The second-order valence-corrected chi connectivity index (χ2v) is 4.78. The minimum Gasteiger partial charge on any atom is -0.452 e. The Bertz CT molecular complexity index is 857. The Balaban J connectivity index is 1.97. The van der Waals surface area contributed by atoms with Crippen LogP contribution in [0.25, 0.3) is 0 Å². The standard InChI is InChI=1S/C15H11F2N3O5/c16-10-3-2-9(6-11(10)17)19-14(21)7-25-15(22)8-1-4-12(18)13(5-8)20(23)24/h1-6H,7,18H2,(H,19,21). The monoisotopic (exact) mass is 351 g/mol. The number of ether oxygens (including phenoxy) is 1. The van der Waals surface area contributed by atoms with E-state index < -0.39 is 40.7 Å². The van der Waals surface area contributed by atoms with Crippen molar-refractivity contribution < 1.29 is 28.0 Å². The molecule has 8 nitrogen and oxygen atoms in total. The SMILES string of the molecule is Nc1ccc(C(=O)OCC(=O)Nc2ccc(F)c(F)c2)cc1[N+](=O)[O-]. The van der Waals surface area contributed by atoms with Gasteiger partial charge in [0.05, 0.1) is 10.5 Å². The van der Waals surface area contributed by atoms with Crippen LogP contribution in [0, 0.1) is 21.7 Å². The Morgan fingerprint density at radius 2 is 1.88 bits per heavy atom. The summed E-state index contributed by atoms with van der Waals surface area (Å²) in [4.78, 5) is 33.5. The Hall–Kier alpha value is -3.56. The zero-order valence-electron chi connectivity index (χ0n) is 12.5. The molecule has 130 valence electrons. The first-order chi connectivity index (χ1) is 11.8. The van der Waals surface area contributed by atoms with E-state index in [0.29, 0.717) is 0 Å². The van der Waals surface area contributed by atoms with E-state index in [-0.39, 0.29) is 16.9 Å². The molecule has 1 amide bonds. The summed E-state index contributed by atoms with van der Waals surface area (Å²) >= 11 is 0. The molecule has 0 aliphatic rings. The Kier molecular flexibility index (Phi) is 5.22. The lowest BCUT2D eigenvalue weighted by Gasteiger charge is -2.07. The topological polar surface area (TPSA) is 125 Å². The number of hydrogen-bond donors (Lipinski definition) is 2. The maximum atomic E-state index is 13.0. The molecule has 2 aromatic rings. The van der Waals surface area contributed by atoms with Crippen molar-refractivity contribution in [1.82, 2.24) is 0 Å². The number of nitrogen functional groups attached to an aromatic ring is 1. The predicted molar refractivity (Wildman–Crippen MR) is 82.8 cm³/mol. The summed E-state index contributed by atoms with van der Waals surface area (Å²) in [6.45, 7) is -0.726. The van der Waals surface area contributed by atoms with Crippen molar-refractivity contribution in [2.45, 2.75) is 0 Å². The highest BCUT2D eigenvalue weighted by Crippen LogP contribution is 2.22. The number of nitro benzene ring substituents is 1. The van der Waals surface area contributed by atoms with E-state index in [0.717, 1.165) is 30.3 Å². The van der Waals surface area contributed by atoms with Crippen LogP contribution in [0.2, 0.25) is 0 Å². The number of nitrogens with one attached hydrogen (secondary N) is 1. The number of esters is 1. The van der Waals surface area contributed by atoms with E-state index in [9.17, 15) is 28.5 Å². The van der Waals surface area contributed by atoms with Crippen molar-refractivity contribution in [1.29, 1.82) is 0 Å². The number of amides is 1. The van der Waals surface area contributed by atoms with E-state index in [1.807, 2.05) is 0 Å². The van der Waals surface area contributed by atoms with Gasteiger partial charge in [-0.1, -0.05) is 0 Å². The highest BCUT2D eigenvalue weighted by Gasteiger charge is 2.17. The average Bonchev–Trinajstić information content (AvgIpc) is 2.56. The van der Waals surface area contributed by atoms with Crippen LogP contribution in [0.4, 0.5) is 25.8 Å². The predicted octanol–water partition coefficient (Wildman–Crippen LogP) is 2.25. The van der Waals surface area contributed by atoms with E-state index in [2.05, 4.69) is 5.32 Å². The van der Waals surface area contributed by atoms with Crippen LogP contribution in [-0.4, -0.2) is 23.4 Å². The molecule has 0 aliphatic carbocycles. The van der Waals surface area contributed by atoms with Crippen LogP contribution in [0.1, 0.15) is 10.4 Å². The van der Waals surface area contributed by atoms with Crippen LogP contribution in [-0.2, 0) is 9.53 Å². The van der Waals surface area contributed by atoms with E-state index in [4.69, 9.17) is 10.5 Å². The third-order valence-corrected chi connectivity index (χ3v) is 3.00. The molecule has 2 aromatic carbocycles. The maximum Gasteiger partial charge on any atom is 0.338 e. The number of halogens is 2. The summed E-state index contributed by atoms with van der Waals surface area (Å²) < 4.78 is 30.5. The quantitative estimate of drug-likeness (QED) is 0.368. The van der Waals surface area contributed by atoms with E-state index in [1.54, 1.807) is 0 Å². The van der Waals surface area contributed by atoms with Gasteiger partial charge < -0.3 is 15.8 Å². The summed E-state index contributed by atoms with van der Waals surface area (Å²) in [5.74, 6) is -4.01. The number of rotatable bonds is 5. The molecule has 0 heterocycles. The summed E-state index contributed by atoms with van der Waals surface area (Å²) in [5.41, 5.74) is 4.62. The van der Waals surface area contributed by atoms with E-state index in [1.165, 1.54) is 6.07 Å². The Labute approximate surface area is 139 Å². The first kappa shape index (κ1) is 17.8. The second-order valence-electron chi connectivity index (χ2n) is 4.78. The molecule has 0 aromatic heterocycles. The van der Waals surface area contributed by atoms with E-state index >= 15 is 0 Å². The third-order valence-electron chi connectivity index (χ3n) is 3.00. The molecule has 0 aliphatic heterocycles. The summed E-state index contributed by atoms with van der Waals surface area (Å²) in [6, 6.07) is 6.00. The van der Waals surface area contributed by atoms with Crippen LogP contribution in [0.15, 0.2) is 36.4 Å². The number of carbonyl (C=O) groups excluding carboxylic acids is 2. The van der Waals surface area contributed by atoms with Gasteiger partial charge in [0.1, 0.15) is 5.69 Å².